The molecular formula is C18H13N3O5. The van der Waals surface area contributed by atoms with Crippen LogP contribution in [0.1, 0.15) is 11.5 Å². The Morgan fingerprint density at radius 3 is 2.50 bits per heavy atom. The van der Waals surface area contributed by atoms with Crippen molar-refractivity contribution in [3.05, 3.63) is 64.0 Å². The molecule has 8 nitrogen and oxygen atoms in total. The van der Waals surface area contributed by atoms with Gasteiger partial charge in [0, 0.05) is 23.8 Å². The Bertz CT molecular complexity index is 979. The van der Waals surface area contributed by atoms with E-state index in [9.17, 15) is 10.1 Å². The van der Waals surface area contributed by atoms with Gasteiger partial charge in [0.25, 0.3) is 5.69 Å². The van der Waals surface area contributed by atoms with Crippen molar-refractivity contribution in [2.75, 3.05) is 13.2 Å². The molecule has 0 unspecified atom stereocenters. The maximum atomic E-state index is 10.7. The largest absolute Gasteiger partial charge is 0.486 e. The van der Waals surface area contributed by atoms with E-state index in [4.69, 9.17) is 13.9 Å². The van der Waals surface area contributed by atoms with E-state index >= 15 is 0 Å². The lowest BCUT2D eigenvalue weighted by atomic mass is 10.2. The Balaban J connectivity index is 1.52. The van der Waals surface area contributed by atoms with Crippen LogP contribution in [0.2, 0.25) is 0 Å². The number of ether oxygens (including phenoxy) is 2. The van der Waals surface area contributed by atoms with E-state index in [1.165, 1.54) is 12.1 Å². The molecule has 26 heavy (non-hydrogen) atoms. The summed E-state index contributed by atoms with van der Waals surface area (Å²) in [6, 6.07) is 11.6. The zero-order valence-electron chi connectivity index (χ0n) is 13.5. The summed E-state index contributed by atoms with van der Waals surface area (Å²) in [6.07, 6.45) is 3.39. The highest BCUT2D eigenvalue weighted by Crippen LogP contribution is 2.34. The molecule has 1 aliphatic heterocycles. The number of hydrogen-bond acceptors (Lipinski definition) is 7. The molecule has 4 rings (SSSR count). The number of nitro benzene ring substituents is 1. The zero-order chi connectivity index (χ0) is 17.9. The molecule has 0 radical (unpaired) electrons. The van der Waals surface area contributed by atoms with Crippen molar-refractivity contribution in [1.29, 1.82) is 0 Å². The second-order valence-electron chi connectivity index (χ2n) is 5.49. The van der Waals surface area contributed by atoms with Gasteiger partial charge in [0.15, 0.2) is 11.5 Å². The van der Waals surface area contributed by atoms with E-state index in [2.05, 4.69) is 10.2 Å². The van der Waals surface area contributed by atoms with Crippen molar-refractivity contribution in [1.82, 2.24) is 10.2 Å². The van der Waals surface area contributed by atoms with E-state index in [0.29, 0.717) is 36.5 Å². The second-order valence-corrected chi connectivity index (χ2v) is 5.49. The van der Waals surface area contributed by atoms with Crippen LogP contribution in [0.15, 0.2) is 46.9 Å². The maximum absolute atomic E-state index is 10.7. The van der Waals surface area contributed by atoms with Gasteiger partial charge in [-0.15, -0.1) is 10.2 Å². The molecule has 130 valence electrons. The Morgan fingerprint density at radius 2 is 1.73 bits per heavy atom. The van der Waals surface area contributed by atoms with E-state index in [1.54, 1.807) is 36.4 Å². The van der Waals surface area contributed by atoms with Gasteiger partial charge < -0.3 is 13.9 Å². The van der Waals surface area contributed by atoms with Gasteiger partial charge in [-0.25, -0.2) is 0 Å². The lowest BCUT2D eigenvalue weighted by Crippen LogP contribution is -2.15. The minimum Gasteiger partial charge on any atom is -0.486 e. The van der Waals surface area contributed by atoms with Crippen LogP contribution in [0.5, 0.6) is 11.5 Å². The summed E-state index contributed by atoms with van der Waals surface area (Å²) in [7, 11) is 0. The number of nitro groups is 1. The molecule has 8 heteroatoms. The summed E-state index contributed by atoms with van der Waals surface area (Å²) in [5.41, 5.74) is 1.56. The minimum atomic E-state index is -0.439. The Kier molecular flexibility index (Phi) is 4.06. The minimum absolute atomic E-state index is 0.0424. The smallest absolute Gasteiger partial charge is 0.269 e. The monoisotopic (exact) mass is 351 g/mol. The molecule has 1 aromatic heterocycles. The normalized spacial score (nSPS) is 13.1. The first-order chi connectivity index (χ1) is 12.7. The van der Waals surface area contributed by atoms with Crippen molar-refractivity contribution in [3.63, 3.8) is 0 Å². The SMILES string of the molecule is O=[N+]([O-])c1ccc(/C=C/c2nnc(-c3ccc4c(c3)OCCO4)o2)cc1. The Hall–Kier alpha value is -3.68. The zero-order valence-corrected chi connectivity index (χ0v) is 13.5. The molecule has 0 fully saturated rings. The van der Waals surface area contributed by atoms with Crippen molar-refractivity contribution >= 4 is 17.8 Å². The molecule has 2 aromatic carbocycles. The number of nitrogens with zero attached hydrogens (tertiary/aromatic N) is 3. The number of aromatic nitrogens is 2. The number of rotatable bonds is 4. The van der Waals surface area contributed by atoms with Crippen molar-refractivity contribution in [2.45, 2.75) is 0 Å². The number of benzene rings is 2. The van der Waals surface area contributed by atoms with Crippen molar-refractivity contribution < 1.29 is 18.8 Å². The molecule has 2 heterocycles. The van der Waals surface area contributed by atoms with Crippen LogP contribution in [-0.4, -0.2) is 28.3 Å². The number of fused-ring (bicyclic) bond motifs is 1. The maximum Gasteiger partial charge on any atom is 0.269 e. The fourth-order valence-corrected chi connectivity index (χ4v) is 2.47. The highest BCUT2D eigenvalue weighted by atomic mass is 16.6. The standard InChI is InChI=1S/C18H13N3O5/c22-21(23)14-5-1-12(2-6-14)3-8-17-19-20-18(26-17)13-4-7-15-16(11-13)25-10-9-24-15/h1-8,11H,9-10H2/b8-3+. The Labute approximate surface area is 147 Å². The summed E-state index contributed by atoms with van der Waals surface area (Å²) in [6.45, 7) is 1.04. The van der Waals surface area contributed by atoms with Crippen LogP contribution in [0.3, 0.4) is 0 Å². The van der Waals surface area contributed by atoms with Gasteiger partial charge in [-0.3, -0.25) is 10.1 Å². The fourth-order valence-electron chi connectivity index (χ4n) is 2.47. The van der Waals surface area contributed by atoms with Gasteiger partial charge in [-0.2, -0.15) is 0 Å². The average Bonchev–Trinajstić information content (AvgIpc) is 3.15. The predicted octanol–water partition coefficient (Wildman–Crippen LogP) is 3.59. The molecule has 0 saturated carbocycles. The van der Waals surface area contributed by atoms with Crippen LogP contribution in [-0.2, 0) is 0 Å². The lowest BCUT2D eigenvalue weighted by Gasteiger charge is -2.18. The third-order valence-electron chi connectivity index (χ3n) is 3.75. The number of hydrogen-bond donors (Lipinski definition) is 0. The highest BCUT2D eigenvalue weighted by Gasteiger charge is 2.15. The molecule has 1 aliphatic rings. The number of non-ortho nitro benzene ring substituents is 1. The average molecular weight is 351 g/mol. The van der Waals surface area contributed by atoms with Crippen LogP contribution in [0, 0.1) is 10.1 Å². The van der Waals surface area contributed by atoms with Gasteiger partial charge >= 0.3 is 0 Å². The quantitative estimate of drug-likeness (QED) is 0.523. The van der Waals surface area contributed by atoms with Crippen LogP contribution < -0.4 is 9.47 Å². The lowest BCUT2D eigenvalue weighted by molar-refractivity contribution is -0.384. The molecule has 0 bridgehead atoms. The van der Waals surface area contributed by atoms with E-state index < -0.39 is 4.92 Å². The summed E-state index contributed by atoms with van der Waals surface area (Å²) in [4.78, 5) is 10.2. The first kappa shape index (κ1) is 15.8. The van der Waals surface area contributed by atoms with E-state index in [-0.39, 0.29) is 5.69 Å². The second kappa shape index (κ2) is 6.67. The summed E-state index contributed by atoms with van der Waals surface area (Å²) in [5.74, 6) is 2.03. The van der Waals surface area contributed by atoms with Crippen molar-refractivity contribution in [2.24, 2.45) is 0 Å². The van der Waals surface area contributed by atoms with Crippen LogP contribution in [0.25, 0.3) is 23.6 Å². The van der Waals surface area contributed by atoms with Gasteiger partial charge in [-0.1, -0.05) is 0 Å². The van der Waals surface area contributed by atoms with E-state index in [0.717, 1.165) is 11.1 Å². The van der Waals surface area contributed by atoms with Gasteiger partial charge in [0.05, 0.1) is 4.92 Å². The molecule has 0 aliphatic carbocycles. The van der Waals surface area contributed by atoms with Gasteiger partial charge in [0.1, 0.15) is 13.2 Å². The predicted molar refractivity (Wildman–Crippen MR) is 92.7 cm³/mol. The molecule has 0 amide bonds. The summed E-state index contributed by atoms with van der Waals surface area (Å²) >= 11 is 0. The first-order valence-electron chi connectivity index (χ1n) is 7.85. The van der Waals surface area contributed by atoms with Crippen molar-refractivity contribution in [3.8, 4) is 23.0 Å². The third-order valence-corrected chi connectivity index (χ3v) is 3.75. The van der Waals surface area contributed by atoms with Crippen LogP contribution in [0.4, 0.5) is 5.69 Å². The Morgan fingerprint density at radius 1 is 0.962 bits per heavy atom. The molecular weight excluding hydrogens is 338 g/mol. The fraction of sp³-hybridized carbons (Fsp3) is 0.111. The molecule has 0 spiro atoms. The summed E-state index contributed by atoms with van der Waals surface area (Å²) < 4.78 is 16.7. The topological polar surface area (TPSA) is 101 Å². The first-order valence-corrected chi connectivity index (χ1v) is 7.85. The summed E-state index contributed by atoms with van der Waals surface area (Å²) in [5, 5.41) is 18.7. The van der Waals surface area contributed by atoms with Gasteiger partial charge in [0.2, 0.25) is 11.8 Å². The van der Waals surface area contributed by atoms with Gasteiger partial charge in [-0.05, 0) is 42.0 Å². The molecule has 0 atom stereocenters. The highest BCUT2D eigenvalue weighted by molar-refractivity contribution is 5.67. The van der Waals surface area contributed by atoms with E-state index in [1.807, 2.05) is 6.07 Å². The molecule has 0 saturated heterocycles. The molecule has 3 aromatic rings. The van der Waals surface area contributed by atoms with Crippen LogP contribution >= 0.6 is 0 Å². The molecule has 0 N–H and O–H groups in total. The third kappa shape index (κ3) is 3.25.